The highest BCUT2D eigenvalue weighted by Gasteiger charge is 2.23. The molecule has 2 aliphatic rings. The Hall–Kier alpha value is -3.45. The third-order valence-electron chi connectivity index (χ3n) is 7.27. The quantitative estimate of drug-likeness (QED) is 0.482. The summed E-state index contributed by atoms with van der Waals surface area (Å²) in [5.41, 5.74) is 4.34. The predicted molar refractivity (Wildman–Crippen MR) is 150 cm³/mol. The number of unbranched alkanes of at least 4 members (excludes halogenated alkanes) is 2. The molecular weight excluding hydrogens is 462 g/mol. The van der Waals surface area contributed by atoms with Gasteiger partial charge in [-0.15, -0.1) is 0 Å². The average molecular weight is 502 g/mol. The number of allylic oxidation sites excluding steroid dienone is 1. The Labute approximate surface area is 220 Å². The van der Waals surface area contributed by atoms with Crippen molar-refractivity contribution >= 4 is 23.2 Å². The summed E-state index contributed by atoms with van der Waals surface area (Å²) in [7, 11) is 3.83. The number of benzene rings is 2. The normalized spacial score (nSPS) is 16.1. The molecule has 4 rings (SSSR count). The van der Waals surface area contributed by atoms with Gasteiger partial charge < -0.3 is 20.0 Å². The summed E-state index contributed by atoms with van der Waals surface area (Å²) >= 11 is 0. The van der Waals surface area contributed by atoms with Crippen LogP contribution in [0, 0.1) is 0 Å². The van der Waals surface area contributed by atoms with Gasteiger partial charge in [-0.3, -0.25) is 9.59 Å². The Balaban J connectivity index is 1.34. The summed E-state index contributed by atoms with van der Waals surface area (Å²) in [4.78, 5) is 37.0. The van der Waals surface area contributed by atoms with E-state index in [0.717, 1.165) is 42.0 Å². The van der Waals surface area contributed by atoms with Crippen LogP contribution in [0.2, 0.25) is 0 Å². The number of aliphatic imine (C=N–C) groups is 1. The Bertz CT molecular complexity index is 1130. The number of likely N-dealkylation sites (tertiary alicyclic amines) is 1. The highest BCUT2D eigenvalue weighted by atomic mass is 16.2. The van der Waals surface area contributed by atoms with Crippen LogP contribution in [0.4, 0.5) is 5.69 Å². The van der Waals surface area contributed by atoms with Crippen molar-refractivity contribution in [2.75, 3.05) is 52.1 Å². The maximum absolute atomic E-state index is 13.0. The number of para-hydroxylation sites is 1. The number of hydrogen-bond acceptors (Lipinski definition) is 5. The molecule has 196 valence electrons. The van der Waals surface area contributed by atoms with Gasteiger partial charge in [0.1, 0.15) is 5.70 Å². The third kappa shape index (κ3) is 7.07. The first-order chi connectivity index (χ1) is 17.9. The summed E-state index contributed by atoms with van der Waals surface area (Å²) in [6.07, 6.45) is 6.04. The summed E-state index contributed by atoms with van der Waals surface area (Å²) in [5, 5.41) is 2.93. The second kappa shape index (κ2) is 12.7. The van der Waals surface area contributed by atoms with Crippen LogP contribution >= 0.6 is 0 Å². The second-order valence-electron chi connectivity index (χ2n) is 10.1. The Morgan fingerprint density at radius 2 is 1.68 bits per heavy atom. The number of nitrogens with zero attached hydrogens (tertiary/aromatic N) is 4. The van der Waals surface area contributed by atoms with Crippen LogP contribution in [0.25, 0.3) is 0 Å². The van der Waals surface area contributed by atoms with E-state index in [1.54, 1.807) is 0 Å². The highest BCUT2D eigenvalue weighted by molar-refractivity contribution is 6.10. The van der Waals surface area contributed by atoms with Gasteiger partial charge in [-0.1, -0.05) is 36.8 Å². The van der Waals surface area contributed by atoms with E-state index < -0.39 is 0 Å². The van der Waals surface area contributed by atoms with Gasteiger partial charge in [-0.25, -0.2) is 4.99 Å². The SMILES string of the molecule is CC1=C(C(=O)Nc2ccccc2)N=C(c2ccc(C(=O)N(C)CCCCCN3CCCC3)cc2)CN1C. The number of likely N-dealkylation sites (N-methyl/N-ethyl adjacent to an activating group) is 1. The van der Waals surface area contributed by atoms with Gasteiger partial charge in [0.25, 0.3) is 11.8 Å². The van der Waals surface area contributed by atoms with Crippen molar-refractivity contribution in [1.82, 2.24) is 14.7 Å². The Morgan fingerprint density at radius 3 is 2.38 bits per heavy atom. The van der Waals surface area contributed by atoms with E-state index in [2.05, 4.69) is 10.2 Å². The molecule has 0 saturated carbocycles. The molecule has 7 nitrogen and oxygen atoms in total. The molecule has 0 aromatic heterocycles. The van der Waals surface area contributed by atoms with Crippen LogP contribution < -0.4 is 5.32 Å². The van der Waals surface area contributed by atoms with Crippen LogP contribution in [0.15, 0.2) is 71.0 Å². The molecule has 0 atom stereocenters. The van der Waals surface area contributed by atoms with Gasteiger partial charge in [0.05, 0.1) is 12.3 Å². The zero-order valence-electron chi connectivity index (χ0n) is 22.4. The molecule has 2 aromatic rings. The first kappa shape index (κ1) is 26.6. The zero-order chi connectivity index (χ0) is 26.2. The van der Waals surface area contributed by atoms with Crippen molar-refractivity contribution in [2.24, 2.45) is 4.99 Å². The average Bonchev–Trinajstić information content (AvgIpc) is 3.43. The molecular formula is C30H39N5O2. The zero-order valence-corrected chi connectivity index (χ0v) is 22.4. The molecule has 2 aromatic carbocycles. The molecule has 1 fully saturated rings. The molecule has 1 N–H and O–H groups in total. The molecule has 0 bridgehead atoms. The van der Waals surface area contributed by atoms with Gasteiger partial charge in [0.2, 0.25) is 0 Å². The lowest BCUT2D eigenvalue weighted by atomic mass is 10.0. The van der Waals surface area contributed by atoms with Gasteiger partial charge in [0, 0.05) is 37.6 Å². The van der Waals surface area contributed by atoms with Gasteiger partial charge in [-0.05, 0) is 82.1 Å². The minimum absolute atomic E-state index is 0.0347. The van der Waals surface area contributed by atoms with Crippen molar-refractivity contribution in [1.29, 1.82) is 0 Å². The highest BCUT2D eigenvalue weighted by Crippen LogP contribution is 2.21. The van der Waals surface area contributed by atoms with Crippen molar-refractivity contribution in [3.05, 3.63) is 77.1 Å². The maximum Gasteiger partial charge on any atom is 0.276 e. The van der Waals surface area contributed by atoms with E-state index in [1.807, 2.05) is 85.4 Å². The van der Waals surface area contributed by atoms with E-state index >= 15 is 0 Å². The summed E-state index contributed by atoms with van der Waals surface area (Å²) in [6.45, 7) is 6.94. The van der Waals surface area contributed by atoms with Crippen molar-refractivity contribution < 1.29 is 9.59 Å². The van der Waals surface area contributed by atoms with Crippen molar-refractivity contribution in [3.8, 4) is 0 Å². The van der Waals surface area contributed by atoms with E-state index in [4.69, 9.17) is 4.99 Å². The smallest absolute Gasteiger partial charge is 0.276 e. The van der Waals surface area contributed by atoms with Gasteiger partial charge in [0.15, 0.2) is 0 Å². The molecule has 0 radical (unpaired) electrons. The topological polar surface area (TPSA) is 68.2 Å². The van der Waals surface area contributed by atoms with Crippen molar-refractivity contribution in [2.45, 2.75) is 39.0 Å². The summed E-state index contributed by atoms with van der Waals surface area (Å²) < 4.78 is 0. The van der Waals surface area contributed by atoms with E-state index in [1.165, 1.54) is 38.9 Å². The largest absolute Gasteiger partial charge is 0.370 e. The first-order valence-corrected chi connectivity index (χ1v) is 13.4. The number of carbonyl (C=O) groups excluding carboxylic acids is 2. The van der Waals surface area contributed by atoms with E-state index in [-0.39, 0.29) is 11.8 Å². The van der Waals surface area contributed by atoms with E-state index in [0.29, 0.717) is 17.8 Å². The number of nitrogens with one attached hydrogen (secondary N) is 1. The lowest BCUT2D eigenvalue weighted by Gasteiger charge is -2.27. The van der Waals surface area contributed by atoms with Crippen LogP contribution in [0.1, 0.15) is 54.9 Å². The molecule has 2 heterocycles. The van der Waals surface area contributed by atoms with Crippen LogP contribution in [-0.2, 0) is 4.79 Å². The van der Waals surface area contributed by atoms with Gasteiger partial charge >= 0.3 is 0 Å². The molecule has 0 aliphatic carbocycles. The predicted octanol–water partition coefficient (Wildman–Crippen LogP) is 4.63. The number of anilines is 1. The minimum Gasteiger partial charge on any atom is -0.370 e. The molecule has 2 amide bonds. The lowest BCUT2D eigenvalue weighted by molar-refractivity contribution is -0.113. The van der Waals surface area contributed by atoms with Crippen LogP contribution in [-0.4, -0.2) is 79.0 Å². The molecule has 7 heteroatoms. The van der Waals surface area contributed by atoms with Gasteiger partial charge in [-0.2, -0.15) is 0 Å². The Morgan fingerprint density at radius 1 is 0.973 bits per heavy atom. The fraction of sp³-hybridized carbons (Fsp3) is 0.433. The van der Waals surface area contributed by atoms with Crippen LogP contribution in [0.5, 0.6) is 0 Å². The monoisotopic (exact) mass is 501 g/mol. The molecule has 0 spiro atoms. The lowest BCUT2D eigenvalue weighted by Crippen LogP contribution is -2.32. The molecule has 0 unspecified atom stereocenters. The fourth-order valence-corrected chi connectivity index (χ4v) is 4.85. The molecule has 37 heavy (non-hydrogen) atoms. The number of hydrogen-bond donors (Lipinski definition) is 1. The maximum atomic E-state index is 13.0. The summed E-state index contributed by atoms with van der Waals surface area (Å²) in [6, 6.07) is 17.0. The summed E-state index contributed by atoms with van der Waals surface area (Å²) in [5.74, 6) is -0.200. The second-order valence-corrected chi connectivity index (χ2v) is 10.1. The minimum atomic E-state index is -0.235. The fourth-order valence-electron chi connectivity index (χ4n) is 4.85. The standard InChI is InChI=1S/C30H39N5O2/c1-23-28(29(36)31-26-12-6-4-7-13-26)32-27(22-34(23)3)24-14-16-25(17-15-24)30(37)33(2)18-8-5-9-19-35-20-10-11-21-35/h4,6-7,12-17H,5,8-11,18-22H2,1-3H3,(H,31,36). The number of carbonyl (C=O) groups is 2. The van der Waals surface area contributed by atoms with Crippen molar-refractivity contribution in [3.63, 3.8) is 0 Å². The molecule has 1 saturated heterocycles. The third-order valence-corrected chi connectivity index (χ3v) is 7.27. The molecule has 2 aliphatic heterocycles. The first-order valence-electron chi connectivity index (χ1n) is 13.4. The number of amides is 2. The van der Waals surface area contributed by atoms with E-state index in [9.17, 15) is 9.59 Å². The van der Waals surface area contributed by atoms with Crippen LogP contribution in [0.3, 0.4) is 0 Å². The number of rotatable bonds is 10. The Kier molecular flexibility index (Phi) is 9.12.